The third-order valence-electron chi connectivity index (χ3n) is 1.17. The van der Waals surface area contributed by atoms with Gasteiger partial charge in [0.05, 0.1) is 0 Å². The van der Waals surface area contributed by atoms with E-state index in [0.29, 0.717) is 0 Å². The van der Waals surface area contributed by atoms with Crippen molar-refractivity contribution in [2.45, 2.75) is 0 Å². The molecule has 0 atom stereocenters. The van der Waals surface area contributed by atoms with Crippen molar-refractivity contribution in [3.05, 3.63) is 30.6 Å². The van der Waals surface area contributed by atoms with Crippen molar-refractivity contribution < 1.29 is 9.47 Å². The highest BCUT2D eigenvalue weighted by Crippen LogP contribution is 1.73. The third-order valence-corrected chi connectivity index (χ3v) is 1.17. The van der Waals surface area contributed by atoms with Crippen LogP contribution >= 0.6 is 0 Å². The first kappa shape index (κ1) is 7.53. The fraction of sp³-hybridized carbons (Fsp3) is 0.143. The molecule has 1 aromatic rings. The molecular weight excluding hydrogens is 142 g/mol. The lowest BCUT2D eigenvalue weighted by Crippen LogP contribution is -2.50. The zero-order valence-corrected chi connectivity index (χ0v) is 6.24. The molecule has 4 heteroatoms. The van der Waals surface area contributed by atoms with Crippen molar-refractivity contribution in [1.29, 1.82) is 0 Å². The van der Waals surface area contributed by atoms with Crippen molar-refractivity contribution in [3.63, 3.8) is 0 Å². The molecule has 0 aliphatic heterocycles. The van der Waals surface area contributed by atoms with Gasteiger partial charge in [0.25, 0.3) is 0 Å². The Hall–Kier alpha value is -1.58. The van der Waals surface area contributed by atoms with Crippen LogP contribution in [0.1, 0.15) is 0 Å². The standard InChI is InChI=1S/C7H9N3O/c1-8-7(11)9-10-5-3-2-4-6-10/h2-6H,1H3,(H-,8,9,11)/p+1. The second-order valence-electron chi connectivity index (χ2n) is 1.97. The quantitative estimate of drug-likeness (QED) is 0.540. The lowest BCUT2D eigenvalue weighted by atomic mass is 10.5. The summed E-state index contributed by atoms with van der Waals surface area (Å²) < 4.78 is 1.57. The van der Waals surface area contributed by atoms with Crippen molar-refractivity contribution in [2.75, 3.05) is 12.5 Å². The van der Waals surface area contributed by atoms with Crippen molar-refractivity contribution >= 4 is 6.03 Å². The lowest BCUT2D eigenvalue weighted by Gasteiger charge is -1.95. The predicted octanol–water partition coefficient (Wildman–Crippen LogP) is -0.143. The molecule has 0 unspecified atom stereocenters. The van der Waals surface area contributed by atoms with E-state index in [4.69, 9.17) is 0 Å². The molecule has 0 radical (unpaired) electrons. The number of urea groups is 1. The summed E-state index contributed by atoms with van der Waals surface area (Å²) >= 11 is 0. The molecule has 2 amide bonds. The summed E-state index contributed by atoms with van der Waals surface area (Å²) in [7, 11) is 1.57. The first-order valence-electron chi connectivity index (χ1n) is 3.28. The number of rotatable bonds is 1. The fourth-order valence-corrected chi connectivity index (χ4v) is 0.646. The normalized spacial score (nSPS) is 8.82. The van der Waals surface area contributed by atoms with E-state index < -0.39 is 0 Å². The molecule has 1 heterocycles. The average molecular weight is 152 g/mol. The molecule has 0 aromatic carbocycles. The number of amides is 2. The highest BCUT2D eigenvalue weighted by atomic mass is 16.2. The van der Waals surface area contributed by atoms with Gasteiger partial charge in [0.1, 0.15) is 0 Å². The first-order valence-corrected chi connectivity index (χ1v) is 3.28. The zero-order valence-electron chi connectivity index (χ0n) is 6.24. The Bertz CT molecular complexity index is 235. The number of hydrogen-bond donors (Lipinski definition) is 2. The number of nitrogens with one attached hydrogen (secondary N) is 2. The van der Waals surface area contributed by atoms with Gasteiger partial charge in [-0.2, -0.15) is 0 Å². The summed E-state index contributed by atoms with van der Waals surface area (Å²) in [5, 5.41) is 2.44. The molecule has 0 bridgehead atoms. The Kier molecular flexibility index (Phi) is 2.43. The summed E-state index contributed by atoms with van der Waals surface area (Å²) in [5.41, 5.74) is 2.56. The average Bonchev–Trinajstić information content (AvgIpc) is 2.06. The smallest absolute Gasteiger partial charge is 0.337 e. The fourth-order valence-electron chi connectivity index (χ4n) is 0.646. The minimum Gasteiger partial charge on any atom is -0.337 e. The van der Waals surface area contributed by atoms with Gasteiger partial charge in [0.15, 0.2) is 12.4 Å². The van der Waals surface area contributed by atoms with E-state index in [9.17, 15) is 4.79 Å². The molecule has 58 valence electrons. The number of hydrogen-bond acceptors (Lipinski definition) is 1. The van der Waals surface area contributed by atoms with Crippen LogP contribution in [-0.2, 0) is 0 Å². The van der Waals surface area contributed by atoms with Gasteiger partial charge in [-0.1, -0.05) is 10.7 Å². The Morgan fingerprint density at radius 3 is 2.45 bits per heavy atom. The molecule has 0 aliphatic rings. The molecule has 0 spiro atoms. The van der Waals surface area contributed by atoms with E-state index in [2.05, 4.69) is 10.7 Å². The monoisotopic (exact) mass is 152 g/mol. The maximum absolute atomic E-state index is 10.7. The highest BCUT2D eigenvalue weighted by Gasteiger charge is 2.01. The third kappa shape index (κ3) is 2.25. The van der Waals surface area contributed by atoms with E-state index >= 15 is 0 Å². The molecule has 1 rings (SSSR count). The summed E-state index contributed by atoms with van der Waals surface area (Å²) in [4.78, 5) is 10.7. The van der Waals surface area contributed by atoms with Crippen LogP contribution in [0.25, 0.3) is 0 Å². The van der Waals surface area contributed by atoms with Gasteiger partial charge >= 0.3 is 6.03 Å². The molecule has 1 aromatic heterocycles. The maximum atomic E-state index is 10.7. The molecule has 2 N–H and O–H groups in total. The number of carbonyl (C=O) groups is 1. The van der Waals surface area contributed by atoms with Crippen LogP contribution in [0.4, 0.5) is 4.79 Å². The predicted molar refractivity (Wildman–Crippen MR) is 40.5 cm³/mol. The molecule has 0 aliphatic carbocycles. The maximum Gasteiger partial charge on any atom is 0.367 e. The van der Waals surface area contributed by atoms with Gasteiger partial charge in [-0.3, -0.25) is 0 Å². The molecule has 0 saturated heterocycles. The molecule has 0 saturated carbocycles. The highest BCUT2D eigenvalue weighted by molar-refractivity contribution is 5.79. The van der Waals surface area contributed by atoms with E-state index in [1.54, 1.807) is 24.1 Å². The zero-order chi connectivity index (χ0) is 8.10. The summed E-state index contributed by atoms with van der Waals surface area (Å²) in [6.07, 6.45) is 3.49. The first-order chi connectivity index (χ1) is 5.33. The lowest BCUT2D eigenvalue weighted by molar-refractivity contribution is -0.641. The largest absolute Gasteiger partial charge is 0.367 e. The minimum atomic E-state index is -0.235. The van der Waals surface area contributed by atoms with Gasteiger partial charge in [-0.15, -0.1) is 5.43 Å². The van der Waals surface area contributed by atoms with Gasteiger partial charge in [-0.05, 0) is 0 Å². The topological polar surface area (TPSA) is 45.0 Å². The van der Waals surface area contributed by atoms with Crippen LogP contribution in [0.5, 0.6) is 0 Å². The number of carbonyl (C=O) groups excluding carboxylic acids is 1. The number of aromatic nitrogens is 1. The number of nitrogens with zero attached hydrogens (tertiary/aromatic N) is 1. The van der Waals surface area contributed by atoms with Crippen LogP contribution in [-0.4, -0.2) is 13.1 Å². The van der Waals surface area contributed by atoms with Crippen LogP contribution in [0.2, 0.25) is 0 Å². The minimum absolute atomic E-state index is 0.235. The Labute approximate surface area is 64.8 Å². The van der Waals surface area contributed by atoms with Crippen LogP contribution in [0, 0.1) is 0 Å². The second kappa shape index (κ2) is 3.55. The SMILES string of the molecule is CNC(=O)N[n+]1ccccc1. The summed E-state index contributed by atoms with van der Waals surface area (Å²) in [5.74, 6) is 0. The van der Waals surface area contributed by atoms with E-state index in [1.165, 1.54) is 0 Å². The second-order valence-corrected chi connectivity index (χ2v) is 1.97. The Morgan fingerprint density at radius 1 is 1.27 bits per heavy atom. The van der Waals surface area contributed by atoms with Crippen molar-refractivity contribution in [1.82, 2.24) is 5.32 Å². The Morgan fingerprint density at radius 2 is 1.91 bits per heavy atom. The van der Waals surface area contributed by atoms with Crippen molar-refractivity contribution in [3.8, 4) is 0 Å². The van der Waals surface area contributed by atoms with Gasteiger partial charge in [-0.25, -0.2) is 4.79 Å². The molecule has 11 heavy (non-hydrogen) atoms. The Balaban J connectivity index is 2.58. The van der Waals surface area contributed by atoms with Crippen LogP contribution < -0.4 is 15.4 Å². The summed E-state index contributed by atoms with van der Waals surface area (Å²) in [6.45, 7) is 0. The molecule has 0 fully saturated rings. The van der Waals surface area contributed by atoms with E-state index in [-0.39, 0.29) is 6.03 Å². The van der Waals surface area contributed by atoms with Crippen LogP contribution in [0.3, 0.4) is 0 Å². The van der Waals surface area contributed by atoms with E-state index in [1.807, 2.05) is 18.2 Å². The number of pyridine rings is 1. The molecule has 4 nitrogen and oxygen atoms in total. The van der Waals surface area contributed by atoms with Gasteiger partial charge in [0.2, 0.25) is 0 Å². The van der Waals surface area contributed by atoms with Gasteiger partial charge in [0, 0.05) is 19.2 Å². The van der Waals surface area contributed by atoms with Crippen LogP contribution in [0.15, 0.2) is 30.6 Å². The van der Waals surface area contributed by atoms with Crippen molar-refractivity contribution in [2.24, 2.45) is 0 Å². The van der Waals surface area contributed by atoms with Gasteiger partial charge < -0.3 is 5.32 Å². The van der Waals surface area contributed by atoms with E-state index in [0.717, 1.165) is 0 Å². The summed E-state index contributed by atoms with van der Waals surface area (Å²) in [6, 6.07) is 5.30. The molecular formula is C7H10N3O+.